The van der Waals surface area contributed by atoms with Crippen LogP contribution >= 0.6 is 0 Å². The Morgan fingerprint density at radius 1 is 1.29 bits per heavy atom. The maximum absolute atomic E-state index is 13.0. The fourth-order valence-electron chi connectivity index (χ4n) is 5.63. The molecule has 2 aliphatic carbocycles. The average Bonchev–Trinajstić information content (AvgIpc) is 3.00. The molecule has 0 aromatic carbocycles. The van der Waals surface area contributed by atoms with Gasteiger partial charge in [-0.3, -0.25) is 14.4 Å². The summed E-state index contributed by atoms with van der Waals surface area (Å²) in [6.07, 6.45) is 1.23. The van der Waals surface area contributed by atoms with Crippen LogP contribution < -0.4 is 0 Å². The first kappa shape index (κ1) is 20.9. The van der Waals surface area contributed by atoms with Gasteiger partial charge in [-0.15, -0.1) is 0 Å². The zero-order valence-corrected chi connectivity index (χ0v) is 17.6. The standard InChI is InChI=1S/C22H32O6/c1-12(2)9-17(24)28-19-18-16(27-15(5)23)8-7-13(3)21(18,6)11-22(19)14(4)10-26-20(22)25/h12-13,16,18-19H,4,7-11H2,1-3,5-6H3. The molecule has 0 aromatic rings. The number of hydrogen-bond acceptors (Lipinski definition) is 6. The van der Waals surface area contributed by atoms with Crippen molar-refractivity contribution in [3.05, 3.63) is 12.2 Å². The summed E-state index contributed by atoms with van der Waals surface area (Å²) >= 11 is 0. The van der Waals surface area contributed by atoms with Crippen LogP contribution in [0.3, 0.4) is 0 Å². The highest BCUT2D eigenvalue weighted by Crippen LogP contribution is 2.66. The molecule has 3 fully saturated rings. The van der Waals surface area contributed by atoms with Gasteiger partial charge in [-0.05, 0) is 42.1 Å². The Bertz CT molecular complexity index is 679. The molecule has 0 amide bonds. The zero-order chi connectivity index (χ0) is 20.9. The quantitative estimate of drug-likeness (QED) is 0.414. The molecule has 156 valence electrons. The minimum Gasteiger partial charge on any atom is -0.462 e. The molecule has 1 spiro atoms. The van der Waals surface area contributed by atoms with Crippen molar-refractivity contribution >= 4 is 17.9 Å². The third-order valence-corrected chi connectivity index (χ3v) is 7.17. The monoisotopic (exact) mass is 392 g/mol. The van der Waals surface area contributed by atoms with Crippen LogP contribution in [0.5, 0.6) is 0 Å². The SMILES string of the molecule is C=C1COC(=O)C12CC1(C)C(C)CCC(OC(C)=O)C1C2OC(=O)CC(C)C. The van der Waals surface area contributed by atoms with Crippen LogP contribution in [0.15, 0.2) is 12.2 Å². The molecular formula is C22H32O6. The Morgan fingerprint density at radius 3 is 2.50 bits per heavy atom. The molecule has 6 nitrogen and oxygen atoms in total. The second-order valence-electron chi connectivity index (χ2n) is 9.49. The average molecular weight is 392 g/mol. The lowest BCUT2D eigenvalue weighted by Crippen LogP contribution is -2.50. The number of ether oxygens (including phenoxy) is 3. The summed E-state index contributed by atoms with van der Waals surface area (Å²) in [5, 5.41) is 0. The first-order chi connectivity index (χ1) is 13.0. The highest BCUT2D eigenvalue weighted by molar-refractivity contribution is 5.86. The Labute approximate surface area is 167 Å². The van der Waals surface area contributed by atoms with Gasteiger partial charge < -0.3 is 14.2 Å². The van der Waals surface area contributed by atoms with Crippen molar-refractivity contribution < 1.29 is 28.6 Å². The lowest BCUT2D eigenvalue weighted by Gasteiger charge is -2.46. The summed E-state index contributed by atoms with van der Waals surface area (Å²) in [6.45, 7) is 13.8. The van der Waals surface area contributed by atoms with E-state index in [1.165, 1.54) is 6.92 Å². The molecule has 0 aromatic heterocycles. The summed E-state index contributed by atoms with van der Waals surface area (Å²) in [5.41, 5.74) is -0.722. The van der Waals surface area contributed by atoms with Crippen LogP contribution in [0, 0.1) is 28.6 Å². The molecule has 6 atom stereocenters. The van der Waals surface area contributed by atoms with E-state index >= 15 is 0 Å². The molecule has 28 heavy (non-hydrogen) atoms. The van der Waals surface area contributed by atoms with Crippen LogP contribution in [0.4, 0.5) is 0 Å². The van der Waals surface area contributed by atoms with Gasteiger partial charge in [0.25, 0.3) is 0 Å². The predicted octanol–water partition coefficient (Wildman–Crippen LogP) is 3.43. The fraction of sp³-hybridized carbons (Fsp3) is 0.773. The van der Waals surface area contributed by atoms with Crippen molar-refractivity contribution in [1.29, 1.82) is 0 Å². The van der Waals surface area contributed by atoms with E-state index < -0.39 is 17.6 Å². The maximum atomic E-state index is 13.0. The van der Waals surface area contributed by atoms with Gasteiger partial charge in [0.1, 0.15) is 24.2 Å². The number of esters is 3. The lowest BCUT2D eigenvalue weighted by molar-refractivity contribution is -0.175. The number of cyclic esters (lactones) is 1. The number of rotatable bonds is 4. The van der Waals surface area contributed by atoms with E-state index in [-0.39, 0.29) is 54.1 Å². The van der Waals surface area contributed by atoms with Crippen LogP contribution in [-0.4, -0.2) is 36.7 Å². The number of carbonyl (C=O) groups excluding carboxylic acids is 3. The van der Waals surface area contributed by atoms with Crippen molar-refractivity contribution in [1.82, 2.24) is 0 Å². The largest absolute Gasteiger partial charge is 0.462 e. The summed E-state index contributed by atoms with van der Waals surface area (Å²) in [5.74, 6) is -0.900. The molecule has 1 heterocycles. The van der Waals surface area contributed by atoms with Crippen LogP contribution in [0.25, 0.3) is 0 Å². The Hall–Kier alpha value is -1.85. The third-order valence-electron chi connectivity index (χ3n) is 7.17. The van der Waals surface area contributed by atoms with Crippen molar-refractivity contribution in [3.8, 4) is 0 Å². The van der Waals surface area contributed by atoms with Gasteiger partial charge in [0, 0.05) is 19.3 Å². The van der Waals surface area contributed by atoms with E-state index in [0.717, 1.165) is 6.42 Å². The highest BCUT2D eigenvalue weighted by Gasteiger charge is 2.72. The normalized spacial score (nSPS) is 39.8. The number of fused-ring (bicyclic) bond motifs is 1. The smallest absolute Gasteiger partial charge is 0.320 e. The molecule has 1 aliphatic heterocycles. The van der Waals surface area contributed by atoms with Crippen LogP contribution in [0.2, 0.25) is 0 Å². The van der Waals surface area contributed by atoms with Gasteiger partial charge in [0.15, 0.2) is 0 Å². The van der Waals surface area contributed by atoms with Gasteiger partial charge in [-0.2, -0.15) is 0 Å². The molecule has 2 saturated carbocycles. The molecule has 6 heteroatoms. The van der Waals surface area contributed by atoms with Crippen molar-refractivity contribution in [2.24, 2.45) is 28.6 Å². The van der Waals surface area contributed by atoms with Gasteiger partial charge in [-0.25, -0.2) is 0 Å². The number of hydrogen-bond donors (Lipinski definition) is 0. The molecule has 0 bridgehead atoms. The molecule has 3 rings (SSSR count). The minimum atomic E-state index is -1.05. The zero-order valence-electron chi connectivity index (χ0n) is 17.6. The Balaban J connectivity index is 2.07. The van der Waals surface area contributed by atoms with Gasteiger partial charge >= 0.3 is 17.9 Å². The summed E-state index contributed by atoms with van der Waals surface area (Å²) in [4.78, 5) is 37.4. The first-order valence-corrected chi connectivity index (χ1v) is 10.2. The maximum Gasteiger partial charge on any atom is 0.320 e. The summed E-state index contributed by atoms with van der Waals surface area (Å²) in [6, 6.07) is 0. The molecule has 1 saturated heterocycles. The van der Waals surface area contributed by atoms with Crippen molar-refractivity contribution in [2.75, 3.05) is 6.61 Å². The van der Waals surface area contributed by atoms with E-state index in [1.807, 2.05) is 13.8 Å². The Morgan fingerprint density at radius 2 is 1.96 bits per heavy atom. The predicted molar refractivity (Wildman–Crippen MR) is 102 cm³/mol. The molecule has 0 radical (unpaired) electrons. The summed E-state index contributed by atoms with van der Waals surface area (Å²) < 4.78 is 17.0. The van der Waals surface area contributed by atoms with Crippen molar-refractivity contribution in [2.45, 2.75) is 72.5 Å². The molecule has 0 N–H and O–H groups in total. The van der Waals surface area contributed by atoms with E-state index in [1.54, 1.807) is 0 Å². The Kier molecular flexibility index (Phi) is 5.36. The second kappa shape index (κ2) is 7.20. The molecule has 3 aliphatic rings. The van der Waals surface area contributed by atoms with E-state index in [4.69, 9.17) is 14.2 Å². The first-order valence-electron chi connectivity index (χ1n) is 10.2. The fourth-order valence-corrected chi connectivity index (χ4v) is 5.63. The van der Waals surface area contributed by atoms with Crippen LogP contribution in [-0.2, 0) is 28.6 Å². The van der Waals surface area contributed by atoms with Crippen LogP contribution in [0.1, 0.15) is 60.3 Å². The lowest BCUT2D eigenvalue weighted by atomic mass is 9.61. The van der Waals surface area contributed by atoms with E-state index in [2.05, 4.69) is 20.4 Å². The van der Waals surface area contributed by atoms with Gasteiger partial charge in [-0.1, -0.05) is 34.3 Å². The second-order valence-corrected chi connectivity index (χ2v) is 9.49. The topological polar surface area (TPSA) is 78.9 Å². The molecule has 6 unspecified atom stereocenters. The van der Waals surface area contributed by atoms with Gasteiger partial charge in [0.05, 0.1) is 0 Å². The summed E-state index contributed by atoms with van der Waals surface area (Å²) in [7, 11) is 0. The van der Waals surface area contributed by atoms with Crippen molar-refractivity contribution in [3.63, 3.8) is 0 Å². The minimum absolute atomic E-state index is 0.143. The third kappa shape index (κ3) is 3.15. The number of carbonyl (C=O) groups is 3. The van der Waals surface area contributed by atoms with E-state index in [0.29, 0.717) is 18.4 Å². The van der Waals surface area contributed by atoms with Gasteiger partial charge in [0.2, 0.25) is 0 Å². The highest BCUT2D eigenvalue weighted by atomic mass is 16.6. The van der Waals surface area contributed by atoms with E-state index in [9.17, 15) is 14.4 Å². The molecular weight excluding hydrogens is 360 g/mol.